The molecule has 0 saturated heterocycles. The van der Waals surface area contributed by atoms with Crippen molar-refractivity contribution in [1.29, 1.82) is 0 Å². The van der Waals surface area contributed by atoms with E-state index in [1.54, 1.807) is 17.1 Å². The number of ether oxygens (including phenoxy) is 1. The molecule has 9 nitrogen and oxygen atoms in total. The van der Waals surface area contributed by atoms with Crippen LogP contribution in [0, 0.1) is 11.8 Å². The van der Waals surface area contributed by atoms with Crippen LogP contribution < -0.4 is 26.2 Å². The third-order valence-electron chi connectivity index (χ3n) is 5.34. The Hall–Kier alpha value is -4.14. The Morgan fingerprint density at radius 3 is 2.63 bits per heavy atom. The largest absolute Gasteiger partial charge is 0.573 e. The van der Waals surface area contributed by atoms with E-state index in [1.165, 1.54) is 24.3 Å². The fourth-order valence-corrected chi connectivity index (χ4v) is 3.77. The second-order valence-electron chi connectivity index (χ2n) is 7.92. The molecule has 184 valence electrons. The normalized spacial score (nSPS) is 14.7. The minimum absolute atomic E-state index is 0.244. The molecule has 35 heavy (non-hydrogen) atoms. The number of halogens is 3. The van der Waals surface area contributed by atoms with Crippen LogP contribution in [-0.2, 0) is 6.54 Å². The van der Waals surface area contributed by atoms with Gasteiger partial charge in [0, 0.05) is 23.9 Å². The Kier molecular flexibility index (Phi) is 6.86. The van der Waals surface area contributed by atoms with Gasteiger partial charge in [-0.15, -0.1) is 13.2 Å². The van der Waals surface area contributed by atoms with Gasteiger partial charge in [0.25, 0.3) is 5.56 Å². The third kappa shape index (κ3) is 5.87. The Labute approximate surface area is 197 Å². The fraction of sp³-hybridized carbons (Fsp3) is 0.348. The van der Waals surface area contributed by atoms with Gasteiger partial charge in [-0.25, -0.2) is 4.79 Å². The van der Waals surface area contributed by atoms with Crippen LogP contribution in [0.15, 0.2) is 46.2 Å². The minimum Gasteiger partial charge on any atom is -0.406 e. The molecule has 3 heterocycles. The summed E-state index contributed by atoms with van der Waals surface area (Å²) in [6.07, 6.45) is 1.24. The van der Waals surface area contributed by atoms with Gasteiger partial charge in [-0.05, 0) is 30.7 Å². The Balaban J connectivity index is 1.46. The van der Waals surface area contributed by atoms with Gasteiger partial charge in [-0.3, -0.25) is 19.4 Å². The van der Waals surface area contributed by atoms with Crippen LogP contribution in [0.1, 0.15) is 43.5 Å². The van der Waals surface area contributed by atoms with Crippen molar-refractivity contribution in [3.63, 3.8) is 0 Å². The number of alkyl halides is 3. The van der Waals surface area contributed by atoms with Crippen LogP contribution in [0.3, 0.4) is 0 Å². The van der Waals surface area contributed by atoms with E-state index in [4.69, 9.17) is 0 Å². The smallest absolute Gasteiger partial charge is 0.406 e. The first-order valence-corrected chi connectivity index (χ1v) is 11.0. The number of aromatic amines is 2. The lowest BCUT2D eigenvalue weighted by Crippen LogP contribution is -2.30. The number of hydrogen-bond acceptors (Lipinski definition) is 6. The monoisotopic (exact) mass is 488 g/mol. The first kappa shape index (κ1) is 24.0. The molecule has 0 bridgehead atoms. The van der Waals surface area contributed by atoms with Crippen LogP contribution in [-0.4, -0.2) is 32.7 Å². The molecule has 3 N–H and O–H groups in total. The number of nitrogens with zero attached hydrogens (tertiary/aromatic N) is 3. The number of hydrogen-bond donors (Lipinski definition) is 3. The van der Waals surface area contributed by atoms with Crippen molar-refractivity contribution in [1.82, 2.24) is 19.7 Å². The fourth-order valence-electron chi connectivity index (χ4n) is 3.77. The summed E-state index contributed by atoms with van der Waals surface area (Å²) < 4.78 is 42.2. The van der Waals surface area contributed by atoms with E-state index in [9.17, 15) is 22.8 Å². The molecule has 1 aliphatic rings. The molecule has 1 unspecified atom stereocenters. The van der Waals surface area contributed by atoms with Crippen molar-refractivity contribution >= 4 is 11.5 Å². The lowest BCUT2D eigenvalue weighted by atomic mass is 10.2. The van der Waals surface area contributed by atoms with E-state index in [-0.39, 0.29) is 18.5 Å². The molecule has 0 saturated carbocycles. The van der Waals surface area contributed by atoms with Crippen molar-refractivity contribution < 1.29 is 17.9 Å². The van der Waals surface area contributed by atoms with Gasteiger partial charge in [-0.1, -0.05) is 31.6 Å². The lowest BCUT2D eigenvalue weighted by Gasteiger charge is -2.25. The van der Waals surface area contributed by atoms with E-state index in [0.717, 1.165) is 24.8 Å². The first-order chi connectivity index (χ1) is 16.7. The molecular weight excluding hydrogens is 465 g/mol. The second kappa shape index (κ2) is 10.0. The highest BCUT2D eigenvalue weighted by Gasteiger charge is 2.33. The minimum atomic E-state index is -4.74. The van der Waals surface area contributed by atoms with Crippen LogP contribution >= 0.6 is 0 Å². The highest BCUT2D eigenvalue weighted by molar-refractivity contribution is 5.71. The standard InChI is InChI=1S/C23H23F3N6O3/c1-2-3-4-12-32-19(28-18-20(32)29-22(34)30-21(18)33)16-13-27-31(14-16)11-5-6-15-7-9-17(10-8-15)35-23(24,25)26/h7-10,13-14,19,28H,2-4,11-12H2,1H3,(H2,29,30,33,34). The molecule has 3 aromatic rings. The van der Waals surface area contributed by atoms with E-state index in [0.29, 0.717) is 23.6 Å². The number of nitrogens with one attached hydrogen (secondary N) is 3. The summed E-state index contributed by atoms with van der Waals surface area (Å²) in [6.45, 7) is 2.97. The number of aromatic nitrogens is 4. The number of H-pyrrole nitrogens is 2. The van der Waals surface area contributed by atoms with E-state index >= 15 is 0 Å². The summed E-state index contributed by atoms with van der Waals surface area (Å²) in [5.74, 6) is 5.94. The van der Waals surface area contributed by atoms with Gasteiger partial charge < -0.3 is 15.0 Å². The molecule has 1 atom stereocenters. The lowest BCUT2D eigenvalue weighted by molar-refractivity contribution is -0.274. The summed E-state index contributed by atoms with van der Waals surface area (Å²) >= 11 is 0. The van der Waals surface area contributed by atoms with Crippen molar-refractivity contribution in [2.75, 3.05) is 16.8 Å². The first-order valence-electron chi connectivity index (χ1n) is 11.0. The van der Waals surface area contributed by atoms with Crippen molar-refractivity contribution in [3.05, 3.63) is 68.6 Å². The van der Waals surface area contributed by atoms with E-state index < -0.39 is 17.6 Å². The summed E-state index contributed by atoms with van der Waals surface area (Å²) in [5.41, 5.74) is 0.562. The highest BCUT2D eigenvalue weighted by atomic mass is 19.4. The average molecular weight is 488 g/mol. The van der Waals surface area contributed by atoms with Crippen molar-refractivity contribution in [2.24, 2.45) is 0 Å². The number of benzene rings is 1. The zero-order valence-electron chi connectivity index (χ0n) is 18.8. The van der Waals surface area contributed by atoms with Gasteiger partial charge in [0.1, 0.15) is 30.0 Å². The van der Waals surface area contributed by atoms with Crippen molar-refractivity contribution in [3.8, 4) is 17.6 Å². The Morgan fingerprint density at radius 2 is 1.91 bits per heavy atom. The van der Waals surface area contributed by atoms with Gasteiger partial charge in [0.2, 0.25) is 0 Å². The van der Waals surface area contributed by atoms with Crippen LogP contribution in [0.25, 0.3) is 0 Å². The predicted molar refractivity (Wildman–Crippen MR) is 123 cm³/mol. The Morgan fingerprint density at radius 1 is 1.14 bits per heavy atom. The number of unbranched alkanes of at least 4 members (excludes halogenated alkanes) is 2. The predicted octanol–water partition coefficient (Wildman–Crippen LogP) is 3.33. The molecule has 1 aromatic carbocycles. The quantitative estimate of drug-likeness (QED) is 0.348. The average Bonchev–Trinajstić information content (AvgIpc) is 3.39. The van der Waals surface area contributed by atoms with Gasteiger partial charge in [0.05, 0.1) is 6.20 Å². The molecule has 0 aliphatic carbocycles. The molecule has 4 rings (SSSR count). The second-order valence-corrected chi connectivity index (χ2v) is 7.92. The van der Waals surface area contributed by atoms with Crippen molar-refractivity contribution in [2.45, 2.75) is 45.3 Å². The summed E-state index contributed by atoms with van der Waals surface area (Å²) in [7, 11) is 0. The maximum atomic E-state index is 12.3. The summed E-state index contributed by atoms with van der Waals surface area (Å²) in [6, 6.07) is 5.28. The topological polar surface area (TPSA) is 108 Å². The Bertz CT molecular complexity index is 1350. The maximum Gasteiger partial charge on any atom is 0.573 e. The molecule has 12 heteroatoms. The number of rotatable bonds is 7. The van der Waals surface area contributed by atoms with Gasteiger partial charge >= 0.3 is 12.1 Å². The van der Waals surface area contributed by atoms with Crippen LogP contribution in [0.4, 0.5) is 24.7 Å². The maximum absolute atomic E-state index is 12.3. The van der Waals surface area contributed by atoms with Gasteiger partial charge in [-0.2, -0.15) is 5.10 Å². The van der Waals surface area contributed by atoms with Crippen LogP contribution in [0.2, 0.25) is 0 Å². The third-order valence-corrected chi connectivity index (χ3v) is 5.34. The van der Waals surface area contributed by atoms with Crippen LogP contribution in [0.5, 0.6) is 5.75 Å². The molecular formula is C23H23F3N6O3. The van der Waals surface area contributed by atoms with E-state index in [2.05, 4.69) is 43.9 Å². The summed E-state index contributed by atoms with van der Waals surface area (Å²) in [5, 5.41) is 7.50. The van der Waals surface area contributed by atoms with E-state index in [1.807, 2.05) is 4.90 Å². The van der Waals surface area contributed by atoms with Gasteiger partial charge in [0.15, 0.2) is 0 Å². The highest BCUT2D eigenvalue weighted by Crippen LogP contribution is 2.36. The zero-order chi connectivity index (χ0) is 25.0. The molecule has 2 aromatic heterocycles. The molecule has 0 fully saturated rings. The summed E-state index contributed by atoms with van der Waals surface area (Å²) in [4.78, 5) is 31.0. The SMILES string of the molecule is CCCCCN1c2[nH]c(=O)[nH]c(=O)c2NC1c1cnn(CC#Cc2ccc(OC(F)(F)F)cc2)c1. The molecule has 1 aliphatic heterocycles. The number of anilines is 2. The molecule has 0 spiro atoms. The zero-order valence-corrected chi connectivity index (χ0v) is 18.8. The molecule has 0 amide bonds. The molecule has 0 radical (unpaired) electrons. The number of fused-ring (bicyclic) bond motifs is 1.